The molecule has 0 aliphatic carbocycles. The summed E-state index contributed by atoms with van der Waals surface area (Å²) in [5, 5.41) is 1.72. The van der Waals surface area contributed by atoms with Crippen LogP contribution in [0.3, 0.4) is 0 Å². The fourth-order valence-corrected chi connectivity index (χ4v) is 1.37. The molecule has 0 N–H and O–H groups in total. The molecule has 0 spiro atoms. The fourth-order valence-electron chi connectivity index (χ4n) is 1.24. The molecule has 0 atom stereocenters. The quantitative estimate of drug-likeness (QED) is 0.700. The molecule has 0 fully saturated rings. The Labute approximate surface area is 87.9 Å². The highest BCUT2D eigenvalue weighted by molar-refractivity contribution is 6.27. The highest BCUT2D eigenvalue weighted by Gasteiger charge is 2.16. The molecule has 1 heterocycles. The molecule has 1 aromatic rings. The van der Waals surface area contributed by atoms with Gasteiger partial charge in [-0.25, -0.2) is 4.99 Å². The second-order valence-corrected chi connectivity index (χ2v) is 3.40. The third-order valence-electron chi connectivity index (χ3n) is 2.03. The van der Waals surface area contributed by atoms with Gasteiger partial charge in [0.25, 0.3) is 0 Å². The molecule has 1 aliphatic heterocycles. The summed E-state index contributed by atoms with van der Waals surface area (Å²) in [5.74, 6) is 0.898. The van der Waals surface area contributed by atoms with Gasteiger partial charge >= 0.3 is 0 Å². The fraction of sp³-hybridized carbons (Fsp3) is 0.300. The van der Waals surface area contributed by atoms with E-state index < -0.39 is 0 Å². The summed E-state index contributed by atoms with van der Waals surface area (Å²) in [4.78, 5) is 9.51. The molecular formula is C10H11ClN2O. The summed E-state index contributed by atoms with van der Waals surface area (Å²) in [6, 6.07) is 8.08. The van der Waals surface area contributed by atoms with Crippen molar-refractivity contribution in [3.8, 4) is 0 Å². The molecule has 0 unspecified atom stereocenters. The van der Waals surface area contributed by atoms with E-state index in [1.807, 2.05) is 24.3 Å². The smallest absolute Gasteiger partial charge is 0.234 e. The number of alkyl halides is 1. The van der Waals surface area contributed by atoms with Gasteiger partial charge in [0.05, 0.1) is 5.69 Å². The molecule has 0 bridgehead atoms. The van der Waals surface area contributed by atoms with Crippen molar-refractivity contribution in [2.75, 3.05) is 17.6 Å². The van der Waals surface area contributed by atoms with E-state index in [9.17, 15) is 0 Å². The summed E-state index contributed by atoms with van der Waals surface area (Å²) in [6.45, 7) is 2.57. The van der Waals surface area contributed by atoms with Gasteiger partial charge in [0.15, 0.2) is 0 Å². The van der Waals surface area contributed by atoms with Crippen LogP contribution < -0.4 is 5.06 Å². The van der Waals surface area contributed by atoms with E-state index in [4.69, 9.17) is 16.4 Å². The molecule has 0 amide bonds. The number of benzene rings is 1. The van der Waals surface area contributed by atoms with Gasteiger partial charge in [0, 0.05) is 0 Å². The van der Waals surface area contributed by atoms with Gasteiger partial charge in [0.1, 0.15) is 12.5 Å². The number of hydroxylamine groups is 1. The molecular weight excluding hydrogens is 200 g/mol. The van der Waals surface area contributed by atoms with Crippen molar-refractivity contribution in [2.45, 2.75) is 6.92 Å². The molecule has 0 radical (unpaired) electrons. The summed E-state index contributed by atoms with van der Waals surface area (Å²) in [6.07, 6.45) is 0. The Kier molecular flexibility index (Phi) is 2.59. The van der Waals surface area contributed by atoms with Crippen LogP contribution in [0.25, 0.3) is 0 Å². The minimum atomic E-state index is 0.322. The Balaban J connectivity index is 2.08. The Morgan fingerprint density at radius 3 is 2.71 bits per heavy atom. The average molecular weight is 211 g/mol. The lowest BCUT2D eigenvalue weighted by Crippen LogP contribution is -2.19. The third-order valence-corrected chi connectivity index (χ3v) is 2.26. The first-order valence-electron chi connectivity index (χ1n) is 4.41. The first-order valence-corrected chi connectivity index (χ1v) is 4.94. The number of aliphatic imine (C=N–C) groups is 1. The molecule has 0 aromatic heterocycles. The van der Waals surface area contributed by atoms with Crippen LogP contribution in [0.4, 0.5) is 5.69 Å². The van der Waals surface area contributed by atoms with Gasteiger partial charge in [-0.05, 0) is 19.1 Å². The van der Waals surface area contributed by atoms with Crippen LogP contribution in [0.15, 0.2) is 29.3 Å². The normalized spacial score (nSPS) is 15.3. The van der Waals surface area contributed by atoms with Crippen molar-refractivity contribution < 1.29 is 4.84 Å². The van der Waals surface area contributed by atoms with Crippen LogP contribution in [-0.4, -0.2) is 18.4 Å². The van der Waals surface area contributed by atoms with Crippen LogP contribution in [0, 0.1) is 6.92 Å². The van der Waals surface area contributed by atoms with E-state index in [-0.39, 0.29) is 0 Å². The lowest BCUT2D eigenvalue weighted by Gasteiger charge is -2.15. The van der Waals surface area contributed by atoms with Crippen LogP contribution >= 0.6 is 11.6 Å². The predicted molar refractivity (Wildman–Crippen MR) is 57.8 cm³/mol. The largest absolute Gasteiger partial charge is 0.361 e. The number of anilines is 1. The lowest BCUT2D eigenvalue weighted by molar-refractivity contribution is 0.297. The van der Waals surface area contributed by atoms with Crippen molar-refractivity contribution in [1.29, 1.82) is 0 Å². The molecule has 0 saturated carbocycles. The Bertz CT molecular complexity index is 348. The van der Waals surface area contributed by atoms with Gasteiger partial charge in [-0.2, -0.15) is 5.06 Å². The highest BCUT2D eigenvalue weighted by atomic mass is 35.5. The van der Waals surface area contributed by atoms with E-state index in [1.54, 1.807) is 5.06 Å². The molecule has 0 saturated heterocycles. The minimum Gasteiger partial charge on any atom is -0.361 e. The maximum atomic E-state index is 5.60. The monoisotopic (exact) mass is 210 g/mol. The number of halogens is 1. The maximum Gasteiger partial charge on any atom is 0.234 e. The minimum absolute atomic E-state index is 0.322. The van der Waals surface area contributed by atoms with E-state index in [1.165, 1.54) is 5.56 Å². The zero-order valence-corrected chi connectivity index (χ0v) is 8.66. The molecule has 2 rings (SSSR count). The highest BCUT2D eigenvalue weighted by Crippen LogP contribution is 2.18. The second-order valence-electron chi connectivity index (χ2n) is 3.13. The topological polar surface area (TPSA) is 24.8 Å². The lowest BCUT2D eigenvalue weighted by atomic mass is 10.2. The Hall–Kier alpha value is -1.22. The Morgan fingerprint density at radius 1 is 1.43 bits per heavy atom. The Morgan fingerprint density at radius 2 is 2.14 bits per heavy atom. The van der Waals surface area contributed by atoms with Gasteiger partial charge < -0.3 is 4.84 Å². The zero-order chi connectivity index (χ0) is 9.97. The van der Waals surface area contributed by atoms with Crippen molar-refractivity contribution in [3.63, 3.8) is 0 Å². The summed E-state index contributed by atoms with van der Waals surface area (Å²) < 4.78 is 0. The zero-order valence-electron chi connectivity index (χ0n) is 7.90. The van der Waals surface area contributed by atoms with E-state index >= 15 is 0 Å². The van der Waals surface area contributed by atoms with Crippen molar-refractivity contribution in [3.05, 3.63) is 29.8 Å². The molecule has 1 aromatic carbocycles. The molecule has 14 heavy (non-hydrogen) atoms. The average Bonchev–Trinajstić information content (AvgIpc) is 2.67. The number of hydrogen-bond acceptors (Lipinski definition) is 3. The van der Waals surface area contributed by atoms with Crippen LogP contribution in [0.1, 0.15) is 5.56 Å². The van der Waals surface area contributed by atoms with Crippen molar-refractivity contribution in [2.24, 2.45) is 4.99 Å². The molecule has 4 heteroatoms. The standard InChI is InChI=1S/C10H11ClN2O/c1-8-2-4-9(5-3-8)13-7-12-10(6-11)14-13/h2-5H,6-7H2,1H3. The van der Waals surface area contributed by atoms with Crippen LogP contribution in [0.5, 0.6) is 0 Å². The maximum absolute atomic E-state index is 5.60. The summed E-state index contributed by atoms with van der Waals surface area (Å²) >= 11 is 5.60. The van der Waals surface area contributed by atoms with Crippen LogP contribution in [-0.2, 0) is 4.84 Å². The number of rotatable bonds is 2. The van der Waals surface area contributed by atoms with Gasteiger partial charge in [-0.1, -0.05) is 17.7 Å². The third kappa shape index (κ3) is 1.82. The van der Waals surface area contributed by atoms with E-state index in [2.05, 4.69) is 11.9 Å². The first kappa shape index (κ1) is 9.34. The van der Waals surface area contributed by atoms with Crippen molar-refractivity contribution >= 4 is 23.2 Å². The first-order chi connectivity index (χ1) is 6.79. The van der Waals surface area contributed by atoms with Crippen molar-refractivity contribution in [1.82, 2.24) is 0 Å². The number of nitrogens with zero attached hydrogens (tertiary/aromatic N) is 2. The number of aryl methyl sites for hydroxylation is 1. The summed E-state index contributed by atoms with van der Waals surface area (Å²) in [5.41, 5.74) is 2.23. The number of hydrogen-bond donors (Lipinski definition) is 0. The summed E-state index contributed by atoms with van der Waals surface area (Å²) in [7, 11) is 0. The van der Waals surface area contributed by atoms with Gasteiger partial charge in [0.2, 0.25) is 5.90 Å². The molecule has 3 nitrogen and oxygen atoms in total. The van der Waals surface area contributed by atoms with Gasteiger partial charge in [-0.3, -0.25) is 0 Å². The second kappa shape index (κ2) is 3.88. The van der Waals surface area contributed by atoms with E-state index in [0.717, 1.165) is 5.69 Å². The molecule has 74 valence electrons. The van der Waals surface area contributed by atoms with Crippen LogP contribution in [0.2, 0.25) is 0 Å². The molecule has 1 aliphatic rings. The van der Waals surface area contributed by atoms with Gasteiger partial charge in [-0.15, -0.1) is 11.6 Å². The SMILES string of the molecule is Cc1ccc(N2CN=C(CCl)O2)cc1. The van der Waals surface area contributed by atoms with E-state index in [0.29, 0.717) is 18.4 Å². The predicted octanol–water partition coefficient (Wildman–Crippen LogP) is 2.34.